The molecule has 2 saturated heterocycles. The van der Waals surface area contributed by atoms with Gasteiger partial charge in [0, 0.05) is 61.8 Å². The van der Waals surface area contributed by atoms with E-state index in [-0.39, 0.29) is 17.6 Å². The maximum absolute atomic E-state index is 12.4. The molecular weight excluding hydrogens is 552 g/mol. The van der Waals surface area contributed by atoms with Crippen LogP contribution in [0, 0.1) is 5.92 Å². The number of amides is 1. The van der Waals surface area contributed by atoms with Crippen LogP contribution in [0.3, 0.4) is 0 Å². The van der Waals surface area contributed by atoms with E-state index in [0.29, 0.717) is 37.1 Å². The summed E-state index contributed by atoms with van der Waals surface area (Å²) in [5.74, 6) is 2.44. The van der Waals surface area contributed by atoms with Crippen LogP contribution in [-0.2, 0) is 29.0 Å². The first-order valence-electron chi connectivity index (χ1n) is 14.8. The van der Waals surface area contributed by atoms with E-state index in [2.05, 4.69) is 26.9 Å². The Morgan fingerprint density at radius 3 is 2.52 bits per heavy atom. The number of ether oxygens (including phenoxy) is 1. The number of hydrogen-bond acceptors (Lipinski definition) is 8. The SMILES string of the molecule is CC(=O)C1CN(C(=O)CCCN2CCN(c3nc(N)nc4c3CCc3cc(OCc5ccc(Cl)cc5)ccc3-4)CC2)C1. The molecule has 3 aromatic rings. The molecule has 2 fully saturated rings. The molecule has 10 heteroatoms. The highest BCUT2D eigenvalue weighted by molar-refractivity contribution is 6.30. The van der Waals surface area contributed by atoms with E-state index in [1.807, 2.05) is 30.3 Å². The summed E-state index contributed by atoms with van der Waals surface area (Å²) in [5, 5.41) is 0.714. The van der Waals surface area contributed by atoms with Gasteiger partial charge >= 0.3 is 0 Å². The Morgan fingerprint density at radius 2 is 1.79 bits per heavy atom. The number of piperazine rings is 1. The fraction of sp³-hybridized carbons (Fsp3) is 0.438. The lowest BCUT2D eigenvalue weighted by Crippen LogP contribution is -2.52. The van der Waals surface area contributed by atoms with Crippen LogP contribution in [-0.4, -0.2) is 77.3 Å². The minimum absolute atomic E-state index is 0.0364. The van der Waals surface area contributed by atoms with Crippen molar-refractivity contribution in [2.75, 3.05) is 56.4 Å². The van der Waals surface area contributed by atoms with Crippen LogP contribution in [0.4, 0.5) is 11.8 Å². The van der Waals surface area contributed by atoms with Crippen molar-refractivity contribution in [2.45, 2.75) is 39.2 Å². The number of aryl methyl sites for hydroxylation is 1. The van der Waals surface area contributed by atoms with E-state index < -0.39 is 0 Å². The van der Waals surface area contributed by atoms with Crippen molar-refractivity contribution in [1.29, 1.82) is 0 Å². The zero-order valence-electron chi connectivity index (χ0n) is 24.0. The molecule has 42 heavy (non-hydrogen) atoms. The van der Waals surface area contributed by atoms with E-state index in [1.165, 1.54) is 5.56 Å². The average molecular weight is 589 g/mol. The smallest absolute Gasteiger partial charge is 0.222 e. The number of hydrogen-bond donors (Lipinski definition) is 1. The summed E-state index contributed by atoms with van der Waals surface area (Å²) >= 11 is 6.00. The third-order valence-corrected chi connectivity index (χ3v) is 8.90. The molecule has 0 radical (unpaired) electrons. The average Bonchev–Trinajstić information content (AvgIpc) is 2.95. The van der Waals surface area contributed by atoms with E-state index >= 15 is 0 Å². The van der Waals surface area contributed by atoms with Crippen LogP contribution >= 0.6 is 11.6 Å². The van der Waals surface area contributed by atoms with E-state index in [0.717, 1.165) is 85.9 Å². The zero-order valence-corrected chi connectivity index (χ0v) is 24.8. The van der Waals surface area contributed by atoms with Crippen molar-refractivity contribution in [1.82, 2.24) is 19.8 Å². The number of carbonyl (C=O) groups excluding carboxylic acids is 2. The van der Waals surface area contributed by atoms with Crippen LogP contribution in [0.2, 0.25) is 5.02 Å². The molecule has 3 aliphatic rings. The van der Waals surface area contributed by atoms with Crippen molar-refractivity contribution in [3.8, 4) is 17.0 Å². The Bertz CT molecular complexity index is 1470. The molecule has 0 bridgehead atoms. The van der Waals surface area contributed by atoms with Crippen molar-refractivity contribution in [3.63, 3.8) is 0 Å². The van der Waals surface area contributed by atoms with Gasteiger partial charge in [-0.3, -0.25) is 14.5 Å². The predicted molar refractivity (Wildman–Crippen MR) is 164 cm³/mol. The number of rotatable bonds is 9. The first-order valence-corrected chi connectivity index (χ1v) is 15.1. The second-order valence-corrected chi connectivity index (χ2v) is 11.9. The Labute approximate surface area is 251 Å². The summed E-state index contributed by atoms with van der Waals surface area (Å²) in [6.07, 6.45) is 3.10. The normalized spacial score (nSPS) is 16.9. The maximum atomic E-state index is 12.4. The first-order chi connectivity index (χ1) is 20.3. The number of carbonyl (C=O) groups is 2. The lowest BCUT2D eigenvalue weighted by molar-refractivity contribution is -0.141. The molecule has 9 nitrogen and oxygen atoms in total. The third-order valence-electron chi connectivity index (χ3n) is 8.64. The molecule has 2 aliphatic heterocycles. The van der Waals surface area contributed by atoms with Gasteiger partial charge in [0.05, 0.1) is 11.6 Å². The molecule has 0 unspecified atom stereocenters. The number of likely N-dealkylation sites (tertiary alicyclic amines) is 1. The zero-order chi connectivity index (χ0) is 29.2. The van der Waals surface area contributed by atoms with Gasteiger partial charge in [-0.2, -0.15) is 4.98 Å². The lowest BCUT2D eigenvalue weighted by atomic mass is 9.88. The highest BCUT2D eigenvalue weighted by atomic mass is 35.5. The minimum atomic E-state index is 0.0364. The van der Waals surface area contributed by atoms with Gasteiger partial charge in [0.2, 0.25) is 11.9 Å². The molecule has 1 aliphatic carbocycles. The second kappa shape index (κ2) is 12.3. The fourth-order valence-electron chi connectivity index (χ4n) is 6.04. The van der Waals surface area contributed by atoms with Crippen LogP contribution in [0.5, 0.6) is 5.75 Å². The highest BCUT2D eigenvalue weighted by Crippen LogP contribution is 2.38. The number of halogens is 1. The molecule has 0 spiro atoms. The summed E-state index contributed by atoms with van der Waals surface area (Å²) in [6, 6.07) is 13.9. The molecule has 1 amide bonds. The van der Waals surface area contributed by atoms with Gasteiger partial charge in [-0.1, -0.05) is 23.7 Å². The second-order valence-electron chi connectivity index (χ2n) is 11.5. The van der Waals surface area contributed by atoms with Gasteiger partial charge in [0.1, 0.15) is 24.0 Å². The Morgan fingerprint density at radius 1 is 1.02 bits per heavy atom. The van der Waals surface area contributed by atoms with Crippen molar-refractivity contribution >= 4 is 35.1 Å². The number of nitrogen functional groups attached to an aromatic ring is 1. The Hall–Kier alpha value is -3.69. The van der Waals surface area contributed by atoms with Crippen molar-refractivity contribution < 1.29 is 14.3 Å². The molecule has 0 saturated carbocycles. The fourth-order valence-corrected chi connectivity index (χ4v) is 6.17. The third kappa shape index (κ3) is 6.22. The topological polar surface area (TPSA) is 105 Å². The van der Waals surface area contributed by atoms with Crippen molar-refractivity contribution in [2.24, 2.45) is 5.92 Å². The van der Waals surface area contributed by atoms with Gasteiger partial charge in [-0.25, -0.2) is 4.98 Å². The first kappa shape index (κ1) is 28.4. The van der Waals surface area contributed by atoms with E-state index in [1.54, 1.807) is 11.8 Å². The Balaban J connectivity index is 1.05. The van der Waals surface area contributed by atoms with Gasteiger partial charge in [0.25, 0.3) is 0 Å². The quantitative estimate of drug-likeness (QED) is 0.400. The molecule has 3 heterocycles. The number of Topliss-reactive ketones (excluding diaryl/α,β-unsaturated/α-hetero) is 1. The number of nitrogens with two attached hydrogens (primary N) is 1. The molecule has 6 rings (SSSR count). The van der Waals surface area contributed by atoms with Crippen LogP contribution < -0.4 is 15.4 Å². The van der Waals surface area contributed by atoms with Gasteiger partial charge < -0.3 is 20.3 Å². The number of nitrogens with zero attached hydrogens (tertiary/aromatic N) is 5. The highest BCUT2D eigenvalue weighted by Gasteiger charge is 2.33. The lowest BCUT2D eigenvalue weighted by Gasteiger charge is -2.38. The standard InChI is InChI=1S/C32H37ClN6O3/c1-21(40)24-18-39(19-24)29(41)3-2-12-37-13-15-38(16-14-37)31-28-10-6-23-17-26(42-20-22-4-7-25(33)8-5-22)9-11-27(23)30(28)35-32(34)36-31/h4-5,7-9,11,17,24H,2-3,6,10,12-16,18-20H2,1H3,(H2,34,35,36). The van der Waals surface area contributed by atoms with Crippen molar-refractivity contribution in [3.05, 3.63) is 64.2 Å². The number of benzene rings is 2. The van der Waals surface area contributed by atoms with Gasteiger partial charge in [0.15, 0.2) is 0 Å². The largest absolute Gasteiger partial charge is 0.489 e. The molecule has 1 aromatic heterocycles. The summed E-state index contributed by atoms with van der Waals surface area (Å²) < 4.78 is 6.07. The van der Waals surface area contributed by atoms with Gasteiger partial charge in [-0.05, 0) is 74.2 Å². The van der Waals surface area contributed by atoms with Crippen LogP contribution in [0.15, 0.2) is 42.5 Å². The number of ketones is 1. The van der Waals surface area contributed by atoms with Crippen LogP contribution in [0.1, 0.15) is 36.5 Å². The van der Waals surface area contributed by atoms with E-state index in [9.17, 15) is 9.59 Å². The Kier molecular flexibility index (Phi) is 8.31. The summed E-state index contributed by atoms with van der Waals surface area (Å²) in [7, 11) is 0. The molecule has 2 N–H and O–H groups in total. The van der Waals surface area contributed by atoms with Gasteiger partial charge in [-0.15, -0.1) is 0 Å². The molecule has 220 valence electrons. The minimum Gasteiger partial charge on any atom is -0.489 e. The molecule has 2 aromatic carbocycles. The summed E-state index contributed by atoms with van der Waals surface area (Å²) in [4.78, 5) is 39.7. The number of fused-ring (bicyclic) bond motifs is 3. The van der Waals surface area contributed by atoms with Crippen LogP contribution in [0.25, 0.3) is 11.3 Å². The summed E-state index contributed by atoms with van der Waals surface area (Å²) in [6.45, 7) is 7.68. The monoisotopic (exact) mass is 588 g/mol. The van der Waals surface area contributed by atoms with E-state index in [4.69, 9.17) is 27.1 Å². The number of aromatic nitrogens is 2. The predicted octanol–water partition coefficient (Wildman–Crippen LogP) is 4.01. The maximum Gasteiger partial charge on any atom is 0.222 e. The molecule has 0 atom stereocenters. The molecular formula is C32H37ClN6O3. The summed E-state index contributed by atoms with van der Waals surface area (Å²) in [5.41, 5.74) is 11.7. The number of anilines is 2.